The number of rotatable bonds is 1. The lowest BCUT2D eigenvalue weighted by molar-refractivity contribution is -0.537. The van der Waals surface area contributed by atoms with E-state index in [1.54, 1.807) is 0 Å². The van der Waals surface area contributed by atoms with Gasteiger partial charge in [0.2, 0.25) is 16.7 Å². The number of hydrogen-bond acceptors (Lipinski definition) is 2. The molecule has 0 unspecified atom stereocenters. The molecule has 0 spiro atoms. The maximum atomic E-state index is 9.75. The second-order valence-corrected chi connectivity index (χ2v) is 9.06. The van der Waals surface area contributed by atoms with Crippen LogP contribution in [0.25, 0.3) is 61.0 Å². The zero-order valence-electron chi connectivity index (χ0n) is 17.2. The molecule has 0 saturated carbocycles. The Bertz CT molecular complexity index is 1670. The molecule has 0 atom stereocenters. The van der Waals surface area contributed by atoms with Crippen LogP contribution in [-0.2, 0) is 0 Å². The summed E-state index contributed by atoms with van der Waals surface area (Å²) < 4.78 is 55.2. The molecule has 4 aromatic carbocycles. The van der Waals surface area contributed by atoms with Gasteiger partial charge in [0.25, 0.3) is 0 Å². The highest BCUT2D eigenvalue weighted by molar-refractivity contribution is 14.1. The van der Waals surface area contributed by atoms with E-state index < -0.39 is 7.25 Å². The maximum Gasteiger partial charge on any atom is 0.673 e. The zero-order chi connectivity index (χ0) is 23.6. The second kappa shape index (κ2) is 7.59. The molecule has 3 nitrogen and oxygen atoms in total. The molecule has 0 radical (unpaired) electrons. The Hall–Kier alpha value is -3.34. The SMILES string of the molecule is F[B-](F)(F)F.Ic1ccc(-[n+]2c3cccc4oc5cccc6oc7cccc2c7c(c43)-c56)cc1. The number of benzene rings is 4. The van der Waals surface area contributed by atoms with Crippen LogP contribution in [0, 0.1) is 3.57 Å². The van der Waals surface area contributed by atoms with Crippen LogP contribution < -0.4 is 4.57 Å². The molecule has 5 aromatic rings. The third kappa shape index (κ3) is 3.37. The second-order valence-electron chi connectivity index (χ2n) is 7.82. The Morgan fingerprint density at radius 2 is 1.03 bits per heavy atom. The van der Waals surface area contributed by atoms with Gasteiger partial charge >= 0.3 is 7.25 Å². The molecule has 34 heavy (non-hydrogen) atoms. The van der Waals surface area contributed by atoms with Crippen molar-refractivity contribution in [3.8, 4) is 16.8 Å². The smallest absolute Gasteiger partial charge is 0.456 e. The summed E-state index contributed by atoms with van der Waals surface area (Å²) in [5, 5.41) is 2.27. The van der Waals surface area contributed by atoms with Crippen LogP contribution in [0.2, 0.25) is 0 Å². The first kappa shape index (κ1) is 21.2. The van der Waals surface area contributed by atoms with Gasteiger partial charge in [-0.2, -0.15) is 4.57 Å². The fraction of sp³-hybridized carbons (Fsp3) is 0. The van der Waals surface area contributed by atoms with E-state index in [1.807, 2.05) is 18.2 Å². The summed E-state index contributed by atoms with van der Waals surface area (Å²) in [5.41, 5.74) is 9.13. The predicted molar refractivity (Wildman–Crippen MR) is 133 cm³/mol. The van der Waals surface area contributed by atoms with Gasteiger partial charge in [-0.25, -0.2) is 0 Å². The van der Waals surface area contributed by atoms with E-state index in [2.05, 4.69) is 87.8 Å². The number of nitrogens with zero attached hydrogens (tertiary/aromatic N) is 1. The van der Waals surface area contributed by atoms with Gasteiger partial charge in [0.15, 0.2) is 0 Å². The van der Waals surface area contributed by atoms with Crippen LogP contribution >= 0.6 is 22.6 Å². The van der Waals surface area contributed by atoms with Gasteiger partial charge in [-0.15, -0.1) is 0 Å². The third-order valence-electron chi connectivity index (χ3n) is 5.75. The van der Waals surface area contributed by atoms with E-state index in [-0.39, 0.29) is 0 Å². The molecule has 0 amide bonds. The van der Waals surface area contributed by atoms with Crippen LogP contribution in [0.4, 0.5) is 17.3 Å². The summed E-state index contributed by atoms with van der Waals surface area (Å²) in [4.78, 5) is 0. The summed E-state index contributed by atoms with van der Waals surface area (Å²) in [6.45, 7) is 0. The summed E-state index contributed by atoms with van der Waals surface area (Å²) in [6.07, 6.45) is 0. The van der Waals surface area contributed by atoms with E-state index in [9.17, 15) is 17.3 Å². The van der Waals surface area contributed by atoms with Crippen LogP contribution in [0.1, 0.15) is 0 Å². The first-order valence-electron chi connectivity index (χ1n) is 10.4. The molecular formula is C25H13BF4INO2. The molecular weight excluding hydrogens is 560 g/mol. The molecule has 0 aliphatic carbocycles. The van der Waals surface area contributed by atoms with Gasteiger partial charge in [-0.1, -0.05) is 18.2 Å². The third-order valence-corrected chi connectivity index (χ3v) is 6.47. The number of hydrogen-bond donors (Lipinski definition) is 0. The van der Waals surface area contributed by atoms with Crippen LogP contribution in [0.3, 0.4) is 0 Å². The first-order valence-corrected chi connectivity index (χ1v) is 11.4. The molecule has 2 aliphatic rings. The quantitative estimate of drug-likeness (QED) is 0.0495. The number of aromatic nitrogens is 1. The van der Waals surface area contributed by atoms with Crippen LogP contribution in [-0.4, -0.2) is 7.25 Å². The Labute approximate surface area is 203 Å². The largest absolute Gasteiger partial charge is 0.673 e. The highest BCUT2D eigenvalue weighted by Gasteiger charge is 2.31. The van der Waals surface area contributed by atoms with Crippen molar-refractivity contribution in [1.29, 1.82) is 0 Å². The summed E-state index contributed by atoms with van der Waals surface area (Å²) >= 11 is 2.34. The lowest BCUT2D eigenvalue weighted by Crippen LogP contribution is -2.33. The van der Waals surface area contributed by atoms with Crippen molar-refractivity contribution in [2.75, 3.05) is 0 Å². The van der Waals surface area contributed by atoms with Crippen molar-refractivity contribution in [1.82, 2.24) is 0 Å². The fourth-order valence-electron chi connectivity index (χ4n) is 4.62. The Morgan fingerprint density at radius 1 is 0.588 bits per heavy atom. The summed E-state index contributed by atoms with van der Waals surface area (Å²) in [7, 11) is -6.00. The van der Waals surface area contributed by atoms with Gasteiger partial charge in [-0.05, 0) is 59.0 Å². The minimum absolute atomic E-state index is 0.852. The maximum absolute atomic E-state index is 9.75. The minimum atomic E-state index is -6.00. The van der Waals surface area contributed by atoms with Gasteiger partial charge in [0, 0.05) is 33.4 Å². The molecule has 0 N–H and O–H groups in total. The summed E-state index contributed by atoms with van der Waals surface area (Å²) in [5.74, 6) is 0. The van der Waals surface area contributed by atoms with Crippen molar-refractivity contribution in [3.05, 3.63) is 82.4 Å². The molecule has 0 fully saturated rings. The highest BCUT2D eigenvalue weighted by Crippen LogP contribution is 2.47. The summed E-state index contributed by atoms with van der Waals surface area (Å²) in [6, 6.07) is 27.2. The van der Waals surface area contributed by atoms with Crippen molar-refractivity contribution in [2.24, 2.45) is 0 Å². The first-order chi connectivity index (χ1) is 16.3. The fourth-order valence-corrected chi connectivity index (χ4v) is 4.98. The van der Waals surface area contributed by atoms with E-state index in [4.69, 9.17) is 8.83 Å². The van der Waals surface area contributed by atoms with Crippen LogP contribution in [0.5, 0.6) is 0 Å². The molecule has 7 rings (SSSR count). The van der Waals surface area contributed by atoms with Crippen LogP contribution in [0.15, 0.2) is 87.7 Å². The number of halogens is 5. The monoisotopic (exact) mass is 573 g/mol. The standard InChI is InChI=1S/C25H13INO2.BF4/c26-14-10-12-15(13-11-14)27-16-4-1-6-18-22(16)25-23-17(27)5-2-7-19(23)29-21-9-3-8-20(28-18)24(21)25;2-1(3,4)5/h1-13H;/q+1;-1. The normalized spacial score (nSPS) is 12.3. The Morgan fingerprint density at radius 3 is 1.53 bits per heavy atom. The van der Waals surface area contributed by atoms with E-state index in [0.29, 0.717) is 0 Å². The van der Waals surface area contributed by atoms with Gasteiger partial charge in [0.1, 0.15) is 22.3 Å². The molecule has 2 aliphatic heterocycles. The predicted octanol–water partition coefficient (Wildman–Crippen LogP) is 8.21. The zero-order valence-corrected chi connectivity index (χ0v) is 19.4. The minimum Gasteiger partial charge on any atom is -0.456 e. The molecule has 168 valence electrons. The molecule has 0 bridgehead atoms. The molecule has 3 heterocycles. The average Bonchev–Trinajstić information content (AvgIpc) is 2.79. The van der Waals surface area contributed by atoms with Crippen molar-refractivity contribution in [2.45, 2.75) is 0 Å². The highest BCUT2D eigenvalue weighted by atomic mass is 127. The number of pyridine rings is 1. The van der Waals surface area contributed by atoms with Crippen molar-refractivity contribution in [3.63, 3.8) is 0 Å². The Balaban J connectivity index is 0.000000398. The van der Waals surface area contributed by atoms with Crippen molar-refractivity contribution < 1.29 is 30.7 Å². The van der Waals surface area contributed by atoms with Gasteiger partial charge in [0.05, 0.1) is 16.3 Å². The lowest BCUT2D eigenvalue weighted by Gasteiger charge is -2.18. The lowest BCUT2D eigenvalue weighted by atomic mass is 9.92. The van der Waals surface area contributed by atoms with E-state index in [1.165, 1.54) is 9.13 Å². The van der Waals surface area contributed by atoms with E-state index in [0.717, 1.165) is 55.4 Å². The molecule has 1 aromatic heterocycles. The topological polar surface area (TPSA) is 30.2 Å². The Kier molecular flexibility index (Phi) is 4.74. The molecule has 9 heteroatoms. The van der Waals surface area contributed by atoms with E-state index >= 15 is 0 Å². The van der Waals surface area contributed by atoms with Crippen molar-refractivity contribution >= 4 is 74.0 Å². The molecule has 0 saturated heterocycles. The van der Waals surface area contributed by atoms with Gasteiger partial charge < -0.3 is 26.1 Å². The average molecular weight is 573 g/mol. The van der Waals surface area contributed by atoms with Gasteiger partial charge in [-0.3, -0.25) is 0 Å².